The number of ether oxygens (including phenoxy) is 1. The number of rotatable bonds is 7. The second kappa shape index (κ2) is 8.87. The molecule has 7 nitrogen and oxygen atoms in total. The molecule has 2 aromatic rings. The van der Waals surface area contributed by atoms with Crippen LogP contribution in [0.2, 0.25) is 0 Å². The maximum Gasteiger partial charge on any atom is 0.325 e. The first-order valence-electron chi connectivity index (χ1n) is 12.1. The van der Waals surface area contributed by atoms with E-state index < -0.39 is 5.54 Å². The first-order valence-corrected chi connectivity index (χ1v) is 12.1. The summed E-state index contributed by atoms with van der Waals surface area (Å²) in [6.07, 6.45) is 7.43. The minimum atomic E-state index is -0.753. The molecule has 172 valence electrons. The van der Waals surface area contributed by atoms with Crippen LogP contribution in [-0.2, 0) is 16.1 Å². The summed E-state index contributed by atoms with van der Waals surface area (Å²) in [6, 6.07) is 8.17. The number of fused-ring (bicyclic) bond motifs is 1. The molecule has 1 aromatic heterocycles. The Kier molecular flexibility index (Phi) is 5.95. The van der Waals surface area contributed by atoms with E-state index in [0.29, 0.717) is 13.0 Å². The third-order valence-electron chi connectivity index (χ3n) is 7.61. The standard InChI is InChI=1S/C25H34N4O3/c1-2-11-25(23(30)29(24(31)27-25)17-20-6-5-14-32-20)19-9-12-28(13-10-19)16-18-15-26-22-8-4-3-7-21(18)22/h3-4,7-8,15,19-20,26H,2,5-6,9-14,16-17H2,1H3,(H,27,31)/t20-,25+/m0/s1. The Labute approximate surface area is 189 Å². The Balaban J connectivity index is 1.26. The van der Waals surface area contributed by atoms with Crippen LogP contribution in [0.3, 0.4) is 0 Å². The van der Waals surface area contributed by atoms with Gasteiger partial charge in [0.2, 0.25) is 0 Å². The SMILES string of the molecule is CCC[C@]1(C2CCN(Cc3c[nH]c4ccccc34)CC2)NC(=O)N(C[C@@H]2CCCO2)C1=O. The van der Waals surface area contributed by atoms with Crippen LogP contribution in [0.15, 0.2) is 30.5 Å². The van der Waals surface area contributed by atoms with Crippen molar-refractivity contribution in [1.29, 1.82) is 0 Å². The Hall–Kier alpha value is -2.38. The molecule has 3 aliphatic heterocycles. The van der Waals surface area contributed by atoms with Gasteiger partial charge in [-0.05, 0) is 62.7 Å². The fourth-order valence-corrected chi connectivity index (χ4v) is 5.93. The van der Waals surface area contributed by atoms with E-state index in [4.69, 9.17) is 4.74 Å². The van der Waals surface area contributed by atoms with Crippen LogP contribution < -0.4 is 5.32 Å². The molecule has 1 aromatic carbocycles. The highest BCUT2D eigenvalue weighted by Crippen LogP contribution is 2.38. The Morgan fingerprint density at radius 2 is 1.97 bits per heavy atom. The van der Waals surface area contributed by atoms with Crippen LogP contribution in [0.25, 0.3) is 10.9 Å². The predicted molar refractivity (Wildman–Crippen MR) is 123 cm³/mol. The van der Waals surface area contributed by atoms with Crippen molar-refractivity contribution in [2.45, 2.75) is 63.6 Å². The van der Waals surface area contributed by atoms with Crippen molar-refractivity contribution in [3.8, 4) is 0 Å². The molecule has 0 saturated carbocycles. The van der Waals surface area contributed by atoms with Crippen molar-refractivity contribution in [1.82, 2.24) is 20.1 Å². The molecule has 0 spiro atoms. The van der Waals surface area contributed by atoms with Gasteiger partial charge in [-0.2, -0.15) is 0 Å². The molecule has 3 saturated heterocycles. The molecule has 3 amide bonds. The molecular formula is C25H34N4O3. The fourth-order valence-electron chi connectivity index (χ4n) is 5.93. The number of nitrogens with zero attached hydrogens (tertiary/aromatic N) is 2. The van der Waals surface area contributed by atoms with Gasteiger partial charge in [0.15, 0.2) is 0 Å². The van der Waals surface area contributed by atoms with Crippen molar-refractivity contribution < 1.29 is 14.3 Å². The van der Waals surface area contributed by atoms with E-state index >= 15 is 0 Å². The Morgan fingerprint density at radius 3 is 2.72 bits per heavy atom. The van der Waals surface area contributed by atoms with Gasteiger partial charge in [0.1, 0.15) is 5.54 Å². The van der Waals surface area contributed by atoms with Crippen LogP contribution in [0.1, 0.15) is 51.0 Å². The van der Waals surface area contributed by atoms with E-state index in [2.05, 4.69) is 52.6 Å². The molecule has 7 heteroatoms. The Morgan fingerprint density at radius 1 is 1.16 bits per heavy atom. The van der Waals surface area contributed by atoms with Crippen LogP contribution in [0.4, 0.5) is 4.79 Å². The van der Waals surface area contributed by atoms with E-state index in [0.717, 1.165) is 58.3 Å². The van der Waals surface area contributed by atoms with Crippen molar-refractivity contribution in [3.63, 3.8) is 0 Å². The number of hydrogen-bond acceptors (Lipinski definition) is 4. The molecule has 2 atom stereocenters. The Bertz CT molecular complexity index is 974. The first kappa shape index (κ1) is 21.5. The van der Waals surface area contributed by atoms with Crippen molar-refractivity contribution in [2.24, 2.45) is 5.92 Å². The van der Waals surface area contributed by atoms with E-state index in [1.807, 2.05) is 0 Å². The molecule has 0 aliphatic carbocycles. The van der Waals surface area contributed by atoms with Crippen molar-refractivity contribution in [3.05, 3.63) is 36.0 Å². The molecule has 2 N–H and O–H groups in total. The summed E-state index contributed by atoms with van der Waals surface area (Å²) >= 11 is 0. The average molecular weight is 439 g/mol. The van der Waals surface area contributed by atoms with Crippen molar-refractivity contribution in [2.75, 3.05) is 26.2 Å². The largest absolute Gasteiger partial charge is 0.376 e. The second-order valence-corrected chi connectivity index (χ2v) is 9.61. The van der Waals surface area contributed by atoms with E-state index in [-0.39, 0.29) is 24.0 Å². The van der Waals surface area contributed by atoms with Gasteiger partial charge >= 0.3 is 6.03 Å². The molecule has 32 heavy (non-hydrogen) atoms. The summed E-state index contributed by atoms with van der Waals surface area (Å²) in [5.74, 6) is 0.141. The quantitative estimate of drug-likeness (QED) is 0.647. The molecule has 4 heterocycles. The van der Waals surface area contributed by atoms with Gasteiger partial charge in [-0.25, -0.2) is 4.79 Å². The van der Waals surface area contributed by atoms with Crippen molar-refractivity contribution >= 4 is 22.8 Å². The smallest absolute Gasteiger partial charge is 0.325 e. The van der Waals surface area contributed by atoms with Crippen LogP contribution in [-0.4, -0.2) is 64.6 Å². The highest BCUT2D eigenvalue weighted by molar-refractivity contribution is 6.07. The van der Waals surface area contributed by atoms with Crippen LogP contribution in [0.5, 0.6) is 0 Å². The van der Waals surface area contributed by atoms with Gasteiger partial charge in [0.05, 0.1) is 12.6 Å². The lowest BCUT2D eigenvalue weighted by atomic mass is 9.74. The maximum absolute atomic E-state index is 13.6. The van der Waals surface area contributed by atoms with Gasteiger partial charge in [-0.3, -0.25) is 14.6 Å². The van der Waals surface area contributed by atoms with E-state index in [1.165, 1.54) is 21.4 Å². The number of para-hydroxylation sites is 1. The third kappa shape index (κ3) is 3.82. The number of benzene rings is 1. The lowest BCUT2D eigenvalue weighted by molar-refractivity contribution is -0.135. The number of piperidine rings is 1. The molecule has 0 unspecified atom stereocenters. The number of H-pyrrole nitrogens is 1. The number of carbonyl (C=O) groups excluding carboxylic acids is 2. The zero-order valence-electron chi connectivity index (χ0n) is 18.9. The summed E-state index contributed by atoms with van der Waals surface area (Å²) in [4.78, 5) is 33.7. The summed E-state index contributed by atoms with van der Waals surface area (Å²) < 4.78 is 5.70. The number of hydrogen-bond donors (Lipinski definition) is 2. The zero-order valence-corrected chi connectivity index (χ0v) is 18.9. The minimum absolute atomic E-state index is 0.0138. The number of aromatic amines is 1. The first-order chi connectivity index (χ1) is 15.6. The molecule has 0 radical (unpaired) electrons. The summed E-state index contributed by atoms with van der Waals surface area (Å²) in [5.41, 5.74) is 1.73. The van der Waals surface area contributed by atoms with Gasteiger partial charge in [-0.15, -0.1) is 0 Å². The highest BCUT2D eigenvalue weighted by Gasteiger charge is 2.55. The number of imide groups is 1. The van der Waals surface area contributed by atoms with Gasteiger partial charge < -0.3 is 15.0 Å². The van der Waals surface area contributed by atoms with E-state index in [1.54, 1.807) is 0 Å². The topological polar surface area (TPSA) is 77.7 Å². The van der Waals surface area contributed by atoms with Crippen LogP contribution in [0, 0.1) is 5.92 Å². The average Bonchev–Trinajstić information content (AvgIpc) is 3.52. The predicted octanol–water partition coefficient (Wildman–Crippen LogP) is 3.65. The molecule has 3 aliphatic rings. The zero-order chi connectivity index (χ0) is 22.1. The maximum atomic E-state index is 13.6. The normalized spacial score (nSPS) is 27.5. The summed E-state index contributed by atoms with van der Waals surface area (Å²) in [6.45, 7) is 5.98. The number of nitrogens with one attached hydrogen (secondary N) is 2. The molecular weight excluding hydrogens is 404 g/mol. The summed E-state index contributed by atoms with van der Waals surface area (Å²) in [7, 11) is 0. The molecule has 5 rings (SSSR count). The van der Waals surface area contributed by atoms with Gasteiger partial charge in [0.25, 0.3) is 5.91 Å². The van der Waals surface area contributed by atoms with Gasteiger partial charge in [0, 0.05) is 30.3 Å². The number of aromatic nitrogens is 1. The number of urea groups is 1. The fraction of sp³-hybridized carbons (Fsp3) is 0.600. The number of likely N-dealkylation sites (tertiary alicyclic amines) is 1. The summed E-state index contributed by atoms with van der Waals surface area (Å²) in [5, 5.41) is 4.43. The van der Waals surface area contributed by atoms with E-state index in [9.17, 15) is 9.59 Å². The molecule has 3 fully saturated rings. The lowest BCUT2D eigenvalue weighted by Gasteiger charge is -2.41. The number of carbonyl (C=O) groups is 2. The second-order valence-electron chi connectivity index (χ2n) is 9.61. The highest BCUT2D eigenvalue weighted by atomic mass is 16.5. The third-order valence-corrected chi connectivity index (χ3v) is 7.61. The minimum Gasteiger partial charge on any atom is -0.376 e. The van der Waals surface area contributed by atoms with Gasteiger partial charge in [-0.1, -0.05) is 31.5 Å². The monoisotopic (exact) mass is 438 g/mol. The molecule has 0 bridgehead atoms. The number of amides is 3. The van der Waals surface area contributed by atoms with Crippen LogP contribution >= 0.6 is 0 Å². The lowest BCUT2D eigenvalue weighted by Crippen LogP contribution is -2.56.